The van der Waals surface area contributed by atoms with Gasteiger partial charge >= 0.3 is 0 Å². The molecule has 0 saturated heterocycles. The van der Waals surface area contributed by atoms with Gasteiger partial charge in [0.25, 0.3) is 0 Å². The van der Waals surface area contributed by atoms with Crippen molar-refractivity contribution in [1.29, 1.82) is 0 Å². The lowest BCUT2D eigenvalue weighted by molar-refractivity contribution is 0.390. The zero-order chi connectivity index (χ0) is 19.5. The average molecular weight is 393 g/mol. The Labute approximate surface area is 166 Å². The summed E-state index contributed by atoms with van der Waals surface area (Å²) in [7, 11) is 3.58. The van der Waals surface area contributed by atoms with E-state index < -0.39 is 0 Å². The summed E-state index contributed by atoms with van der Waals surface area (Å²) < 4.78 is 12.7. The second-order valence-electron chi connectivity index (χ2n) is 6.18. The Hall–Kier alpha value is -3.13. The summed E-state index contributed by atoms with van der Waals surface area (Å²) in [5.41, 5.74) is 3.03. The predicted octanol–water partition coefficient (Wildman–Crippen LogP) is 4.14. The molecule has 0 radical (unpaired) electrons. The minimum atomic E-state index is 0.502. The van der Waals surface area contributed by atoms with Gasteiger partial charge in [-0.15, -0.1) is 10.2 Å². The molecule has 2 aromatic carbocycles. The van der Waals surface area contributed by atoms with Crippen molar-refractivity contribution in [1.82, 2.24) is 24.9 Å². The van der Waals surface area contributed by atoms with Crippen LogP contribution in [0.5, 0.6) is 5.75 Å². The number of aryl methyl sites for hydroxylation is 1. The lowest BCUT2D eigenvalue weighted by Crippen LogP contribution is -1.96. The van der Waals surface area contributed by atoms with Crippen LogP contribution in [0.2, 0.25) is 0 Å². The molecular formula is C20H19N5O2S. The van der Waals surface area contributed by atoms with E-state index in [2.05, 4.69) is 33.3 Å². The fourth-order valence-electron chi connectivity index (χ4n) is 2.88. The zero-order valence-corrected chi connectivity index (χ0v) is 16.6. The van der Waals surface area contributed by atoms with Gasteiger partial charge in [-0.2, -0.15) is 4.98 Å². The maximum absolute atomic E-state index is 5.40. The Kier molecular flexibility index (Phi) is 5.12. The summed E-state index contributed by atoms with van der Waals surface area (Å²) in [5, 5.41) is 13.5. The Morgan fingerprint density at radius 3 is 2.57 bits per heavy atom. The highest BCUT2D eigenvalue weighted by Crippen LogP contribution is 2.29. The second kappa shape index (κ2) is 7.85. The molecule has 4 rings (SSSR count). The fraction of sp³-hybridized carbons (Fsp3) is 0.200. The maximum Gasteiger partial charge on any atom is 0.237 e. The van der Waals surface area contributed by atoms with Crippen molar-refractivity contribution in [2.24, 2.45) is 7.05 Å². The van der Waals surface area contributed by atoms with Gasteiger partial charge in [-0.05, 0) is 24.6 Å². The molecule has 0 aliphatic heterocycles. The van der Waals surface area contributed by atoms with Crippen LogP contribution in [-0.2, 0) is 12.8 Å². The molecule has 0 fully saturated rings. The number of methoxy groups -OCH3 is 1. The highest BCUT2D eigenvalue weighted by Gasteiger charge is 2.16. The first-order valence-electron chi connectivity index (χ1n) is 8.71. The molecule has 2 heterocycles. The molecule has 142 valence electrons. The van der Waals surface area contributed by atoms with Gasteiger partial charge in [-0.3, -0.25) is 0 Å². The molecule has 8 heteroatoms. The summed E-state index contributed by atoms with van der Waals surface area (Å²) in [6.07, 6.45) is 0. The maximum atomic E-state index is 5.40. The number of rotatable bonds is 6. The summed E-state index contributed by atoms with van der Waals surface area (Å²) >= 11 is 1.50. The van der Waals surface area contributed by atoms with E-state index in [0.29, 0.717) is 23.2 Å². The first-order chi connectivity index (χ1) is 13.7. The predicted molar refractivity (Wildman–Crippen MR) is 107 cm³/mol. The van der Waals surface area contributed by atoms with E-state index in [4.69, 9.17) is 9.26 Å². The van der Waals surface area contributed by atoms with Gasteiger partial charge in [0.1, 0.15) is 5.75 Å². The third-order valence-corrected chi connectivity index (χ3v) is 5.37. The third kappa shape index (κ3) is 3.50. The van der Waals surface area contributed by atoms with Crippen molar-refractivity contribution < 1.29 is 9.26 Å². The largest absolute Gasteiger partial charge is 0.496 e. The molecule has 0 aliphatic carbocycles. The molecule has 0 unspecified atom stereocenters. The Morgan fingerprint density at radius 2 is 1.79 bits per heavy atom. The number of hydrogen-bond donors (Lipinski definition) is 0. The molecule has 4 aromatic rings. The van der Waals surface area contributed by atoms with Gasteiger partial charge in [0.2, 0.25) is 11.7 Å². The van der Waals surface area contributed by atoms with Gasteiger partial charge < -0.3 is 13.8 Å². The molecule has 0 bridgehead atoms. The number of para-hydroxylation sites is 1. The number of nitrogens with zero attached hydrogens (tertiary/aromatic N) is 5. The molecule has 0 spiro atoms. The lowest BCUT2D eigenvalue weighted by Gasteiger charge is -2.05. The van der Waals surface area contributed by atoms with Crippen LogP contribution in [0.15, 0.2) is 58.2 Å². The Bertz CT molecular complexity index is 1110. The number of ether oxygens (including phenoxy) is 1. The van der Waals surface area contributed by atoms with Crippen LogP contribution in [0.3, 0.4) is 0 Å². The van der Waals surface area contributed by atoms with E-state index in [-0.39, 0.29) is 0 Å². The van der Waals surface area contributed by atoms with Crippen LogP contribution in [0, 0.1) is 6.92 Å². The highest BCUT2D eigenvalue weighted by molar-refractivity contribution is 7.98. The van der Waals surface area contributed by atoms with Crippen molar-refractivity contribution in [2.75, 3.05) is 7.11 Å². The summed E-state index contributed by atoms with van der Waals surface area (Å²) in [5.74, 6) is 3.07. The molecule has 0 amide bonds. The lowest BCUT2D eigenvalue weighted by atomic mass is 10.1. The second-order valence-corrected chi connectivity index (χ2v) is 7.12. The van der Waals surface area contributed by atoms with E-state index in [0.717, 1.165) is 27.7 Å². The molecule has 7 nitrogen and oxygen atoms in total. The topological polar surface area (TPSA) is 78.9 Å². The van der Waals surface area contributed by atoms with Gasteiger partial charge in [0, 0.05) is 12.6 Å². The van der Waals surface area contributed by atoms with Crippen LogP contribution < -0.4 is 4.74 Å². The van der Waals surface area contributed by atoms with E-state index >= 15 is 0 Å². The van der Waals surface area contributed by atoms with Gasteiger partial charge in [-0.25, -0.2) is 0 Å². The number of hydrogen-bond acceptors (Lipinski definition) is 7. The van der Waals surface area contributed by atoms with Crippen LogP contribution in [-0.4, -0.2) is 32.0 Å². The summed E-state index contributed by atoms with van der Waals surface area (Å²) in [4.78, 5) is 4.48. The van der Waals surface area contributed by atoms with Crippen LogP contribution >= 0.6 is 11.8 Å². The quantitative estimate of drug-likeness (QED) is 0.456. The average Bonchev–Trinajstić information content (AvgIpc) is 3.33. The van der Waals surface area contributed by atoms with Crippen molar-refractivity contribution in [2.45, 2.75) is 17.8 Å². The minimum absolute atomic E-state index is 0.502. The number of aromatic nitrogens is 5. The van der Waals surface area contributed by atoms with Gasteiger partial charge in [0.15, 0.2) is 11.0 Å². The van der Waals surface area contributed by atoms with E-state index in [9.17, 15) is 0 Å². The zero-order valence-electron chi connectivity index (χ0n) is 15.8. The van der Waals surface area contributed by atoms with Crippen LogP contribution in [0.4, 0.5) is 0 Å². The van der Waals surface area contributed by atoms with E-state index in [1.165, 1.54) is 11.8 Å². The van der Waals surface area contributed by atoms with E-state index in [1.807, 2.05) is 54.1 Å². The van der Waals surface area contributed by atoms with Crippen molar-refractivity contribution in [3.8, 4) is 28.5 Å². The normalized spacial score (nSPS) is 11.0. The van der Waals surface area contributed by atoms with Gasteiger partial charge in [-0.1, -0.05) is 53.3 Å². The van der Waals surface area contributed by atoms with E-state index in [1.54, 1.807) is 7.11 Å². The monoisotopic (exact) mass is 393 g/mol. The third-order valence-electron chi connectivity index (χ3n) is 4.36. The molecule has 0 atom stereocenters. The molecule has 0 aliphatic rings. The standard InChI is InChI=1S/C20H19N5O2S/c1-13-8-4-5-9-14(13)19-22-23-20(25(19)2)28-12-17-21-18(24-27-17)15-10-6-7-11-16(15)26-3/h4-11H,12H2,1-3H3. The number of benzene rings is 2. The van der Waals surface area contributed by atoms with Crippen LogP contribution in [0.1, 0.15) is 11.5 Å². The minimum Gasteiger partial charge on any atom is -0.496 e. The highest BCUT2D eigenvalue weighted by atomic mass is 32.2. The van der Waals surface area contributed by atoms with Crippen LogP contribution in [0.25, 0.3) is 22.8 Å². The SMILES string of the molecule is COc1ccccc1-c1noc(CSc2nnc(-c3ccccc3C)n2C)n1. The Morgan fingerprint density at radius 1 is 1.04 bits per heavy atom. The molecule has 0 saturated carbocycles. The van der Waals surface area contributed by atoms with Crippen molar-refractivity contribution in [3.05, 3.63) is 60.0 Å². The molecular weight excluding hydrogens is 374 g/mol. The van der Waals surface area contributed by atoms with Crippen molar-refractivity contribution >= 4 is 11.8 Å². The first-order valence-corrected chi connectivity index (χ1v) is 9.70. The van der Waals surface area contributed by atoms with Crippen molar-refractivity contribution in [3.63, 3.8) is 0 Å². The number of thioether (sulfide) groups is 1. The first kappa shape index (κ1) is 18.2. The summed E-state index contributed by atoms with van der Waals surface area (Å²) in [6, 6.07) is 15.7. The fourth-order valence-corrected chi connectivity index (χ4v) is 3.63. The smallest absolute Gasteiger partial charge is 0.237 e. The molecule has 0 N–H and O–H groups in total. The Balaban J connectivity index is 1.51. The summed E-state index contributed by atoms with van der Waals surface area (Å²) in [6.45, 7) is 2.06. The molecule has 2 aromatic heterocycles. The molecule has 28 heavy (non-hydrogen) atoms. The van der Waals surface area contributed by atoms with Gasteiger partial charge in [0.05, 0.1) is 18.4 Å².